The minimum absolute atomic E-state index is 0.0232. The summed E-state index contributed by atoms with van der Waals surface area (Å²) in [5, 5.41) is 10.8. The number of ether oxygens (including phenoxy) is 1. The predicted molar refractivity (Wildman–Crippen MR) is 147 cm³/mol. The van der Waals surface area contributed by atoms with E-state index in [0.717, 1.165) is 48.2 Å². The van der Waals surface area contributed by atoms with Crippen molar-refractivity contribution in [1.82, 2.24) is 9.66 Å². The smallest absolute Gasteiger partial charge is 0.262 e. The highest BCUT2D eigenvalue weighted by molar-refractivity contribution is 9.10. The van der Waals surface area contributed by atoms with Gasteiger partial charge in [-0.1, -0.05) is 28.1 Å². The molecule has 36 heavy (non-hydrogen) atoms. The molecule has 0 aliphatic carbocycles. The van der Waals surface area contributed by atoms with Crippen molar-refractivity contribution in [2.75, 3.05) is 11.9 Å². The number of hydrogen-bond donors (Lipinski definition) is 2. The van der Waals surface area contributed by atoms with Crippen LogP contribution in [0, 0.1) is 6.92 Å². The van der Waals surface area contributed by atoms with E-state index in [1.54, 1.807) is 0 Å². The Bertz CT molecular complexity index is 1730. The monoisotopic (exact) mass is 557 g/mol. The van der Waals surface area contributed by atoms with Gasteiger partial charge in [0.2, 0.25) is 4.80 Å². The highest BCUT2D eigenvalue weighted by atomic mass is 79.9. The molecule has 2 N–H and O–H groups in total. The summed E-state index contributed by atoms with van der Waals surface area (Å²) in [6, 6.07) is 19.9. The molecule has 3 heterocycles. The summed E-state index contributed by atoms with van der Waals surface area (Å²) in [7, 11) is 0. The van der Waals surface area contributed by atoms with Crippen molar-refractivity contribution in [3.8, 4) is 17.0 Å². The number of aromatic nitrogens is 2. The van der Waals surface area contributed by atoms with E-state index in [-0.39, 0.29) is 12.5 Å². The van der Waals surface area contributed by atoms with Crippen LogP contribution in [0.4, 0.5) is 11.4 Å². The third-order valence-electron chi connectivity index (χ3n) is 5.81. The lowest BCUT2D eigenvalue weighted by atomic mass is 10.1. The number of nitrogens with one attached hydrogen (secondary N) is 2. The van der Waals surface area contributed by atoms with Gasteiger partial charge >= 0.3 is 0 Å². The summed E-state index contributed by atoms with van der Waals surface area (Å²) in [6.45, 7) is 2.07. The predicted octanol–water partition coefficient (Wildman–Crippen LogP) is 6.21. The number of thiazole rings is 1. The molecular weight excluding hydrogens is 538 g/mol. The van der Waals surface area contributed by atoms with E-state index in [4.69, 9.17) is 14.8 Å². The number of amides is 1. The van der Waals surface area contributed by atoms with Crippen LogP contribution in [0.5, 0.6) is 5.75 Å². The van der Waals surface area contributed by atoms with Crippen LogP contribution in [-0.4, -0.2) is 28.4 Å². The summed E-state index contributed by atoms with van der Waals surface area (Å²) in [4.78, 5) is 20.8. The average Bonchev–Trinajstić information content (AvgIpc) is 3.45. The van der Waals surface area contributed by atoms with Crippen LogP contribution < -0.4 is 14.9 Å². The van der Waals surface area contributed by atoms with E-state index >= 15 is 0 Å². The van der Waals surface area contributed by atoms with E-state index in [1.807, 2.05) is 84.0 Å². The maximum Gasteiger partial charge on any atom is 0.262 e. The third-order valence-corrected chi connectivity index (χ3v) is 7.12. The Labute approximate surface area is 218 Å². The molecule has 2 aromatic heterocycles. The number of anilines is 1. The molecule has 0 bridgehead atoms. The molecule has 0 saturated carbocycles. The fourth-order valence-electron chi connectivity index (χ4n) is 4.08. The van der Waals surface area contributed by atoms with Gasteiger partial charge in [-0.15, -0.1) is 11.3 Å². The van der Waals surface area contributed by atoms with Crippen LogP contribution >= 0.6 is 27.3 Å². The van der Waals surface area contributed by atoms with Gasteiger partial charge in [-0.2, -0.15) is 5.10 Å². The molecule has 5 aromatic rings. The van der Waals surface area contributed by atoms with E-state index in [1.165, 1.54) is 11.3 Å². The van der Waals surface area contributed by atoms with E-state index in [9.17, 15) is 4.79 Å². The van der Waals surface area contributed by atoms with Crippen LogP contribution in [0.2, 0.25) is 0 Å². The number of aryl methyl sites for hydroxylation is 1. The fourth-order valence-corrected chi connectivity index (χ4v) is 5.30. The number of fused-ring (bicyclic) bond motifs is 2. The van der Waals surface area contributed by atoms with Crippen LogP contribution in [0.1, 0.15) is 11.1 Å². The topological polar surface area (TPSA) is 83.8 Å². The Kier molecular flexibility index (Phi) is 5.79. The number of carbonyl (C=O) groups excluding carboxylic acids is 1. The number of H-pyrrole nitrogens is 1. The van der Waals surface area contributed by atoms with Gasteiger partial charge in [0.25, 0.3) is 5.91 Å². The number of halogens is 1. The molecule has 9 heteroatoms. The quantitative estimate of drug-likeness (QED) is 0.257. The lowest BCUT2D eigenvalue weighted by Crippen LogP contribution is -2.25. The number of hydrogen-bond acceptors (Lipinski definition) is 5. The molecule has 1 amide bonds. The Morgan fingerprint density at radius 2 is 2.06 bits per heavy atom. The molecule has 0 saturated heterocycles. The van der Waals surface area contributed by atoms with Crippen LogP contribution in [0.3, 0.4) is 0 Å². The average molecular weight is 558 g/mol. The lowest BCUT2D eigenvalue weighted by molar-refractivity contribution is -0.118. The number of benzene rings is 3. The summed E-state index contributed by atoms with van der Waals surface area (Å²) < 4.78 is 8.36. The van der Waals surface area contributed by atoms with Gasteiger partial charge in [0.1, 0.15) is 5.75 Å². The minimum Gasteiger partial charge on any atom is -0.482 e. The molecule has 0 fully saturated rings. The largest absolute Gasteiger partial charge is 0.482 e. The first-order chi connectivity index (χ1) is 17.5. The first kappa shape index (κ1) is 22.5. The lowest BCUT2D eigenvalue weighted by Gasteiger charge is -2.18. The zero-order valence-electron chi connectivity index (χ0n) is 19.2. The normalized spacial score (nSPS) is 13.7. The van der Waals surface area contributed by atoms with Crippen molar-refractivity contribution >= 4 is 61.7 Å². The second-order valence-corrected chi connectivity index (χ2v) is 10.1. The molecule has 0 unspecified atom stereocenters. The van der Waals surface area contributed by atoms with E-state index in [0.29, 0.717) is 11.4 Å². The van der Waals surface area contributed by atoms with Crippen molar-refractivity contribution in [1.29, 1.82) is 0 Å². The maximum absolute atomic E-state index is 11.9. The van der Waals surface area contributed by atoms with Gasteiger partial charge in [0.05, 0.1) is 23.3 Å². The highest BCUT2D eigenvalue weighted by Gasteiger charge is 2.18. The molecule has 1 aliphatic rings. The van der Waals surface area contributed by atoms with Crippen LogP contribution in [0.25, 0.3) is 22.2 Å². The number of carbonyl (C=O) groups is 1. The summed E-state index contributed by atoms with van der Waals surface area (Å²) in [5.41, 5.74) is 6.37. The van der Waals surface area contributed by atoms with Crippen molar-refractivity contribution in [2.45, 2.75) is 6.92 Å². The van der Waals surface area contributed by atoms with Crippen molar-refractivity contribution < 1.29 is 9.53 Å². The number of rotatable bonds is 4. The van der Waals surface area contributed by atoms with Crippen molar-refractivity contribution in [3.63, 3.8) is 0 Å². The molecule has 178 valence electrons. The van der Waals surface area contributed by atoms with Gasteiger partial charge in [-0.05, 0) is 61.0 Å². The summed E-state index contributed by atoms with van der Waals surface area (Å²) in [6.07, 6.45) is 3.77. The molecule has 0 atom stereocenters. The standard InChI is InChI=1S/C27H20BrN5O2S/c1-16-3-2-4-20(9-16)31-27-33(30-13-18-12-29-22-7-6-19(28)11-21(18)22)24(15-36-27)17-5-8-25-23(10-17)32-26(34)14-35-25/h2-13,15,29H,14H2,1H3,(H,32,34). The first-order valence-electron chi connectivity index (χ1n) is 11.2. The molecule has 7 nitrogen and oxygen atoms in total. The first-order valence-corrected chi connectivity index (χ1v) is 12.9. The SMILES string of the molecule is Cc1cccc(N=c2scc(-c3ccc4c(c3)NC(=O)CO4)n2N=Cc2c[nH]c3ccc(Br)cc23)c1. The Morgan fingerprint density at radius 1 is 1.14 bits per heavy atom. The van der Waals surface area contributed by atoms with Crippen molar-refractivity contribution in [3.05, 3.63) is 92.6 Å². The van der Waals surface area contributed by atoms with E-state index < -0.39 is 0 Å². The summed E-state index contributed by atoms with van der Waals surface area (Å²) in [5.74, 6) is 0.481. The molecular formula is C27H20BrN5O2S. The Balaban J connectivity index is 1.49. The Hall–Kier alpha value is -3.95. The van der Waals surface area contributed by atoms with Crippen LogP contribution in [0.15, 0.2) is 86.8 Å². The second-order valence-electron chi connectivity index (χ2n) is 8.39. The fraction of sp³-hybridized carbons (Fsp3) is 0.0741. The minimum atomic E-state index is -0.170. The third kappa shape index (κ3) is 4.38. The molecule has 6 rings (SSSR count). The highest BCUT2D eigenvalue weighted by Crippen LogP contribution is 2.33. The Morgan fingerprint density at radius 3 is 2.94 bits per heavy atom. The van der Waals surface area contributed by atoms with Crippen LogP contribution in [-0.2, 0) is 4.79 Å². The molecule has 1 aliphatic heterocycles. The van der Waals surface area contributed by atoms with E-state index in [2.05, 4.69) is 32.3 Å². The second kappa shape index (κ2) is 9.25. The van der Waals surface area contributed by atoms with Gasteiger partial charge in [-0.25, -0.2) is 9.67 Å². The zero-order valence-corrected chi connectivity index (χ0v) is 21.6. The van der Waals surface area contributed by atoms with Gasteiger partial charge in [0, 0.05) is 38.1 Å². The number of aromatic amines is 1. The molecule has 0 spiro atoms. The van der Waals surface area contributed by atoms with Gasteiger partial charge in [-0.3, -0.25) is 4.79 Å². The molecule has 3 aromatic carbocycles. The maximum atomic E-state index is 11.9. The van der Waals surface area contributed by atoms with Crippen molar-refractivity contribution in [2.24, 2.45) is 10.1 Å². The zero-order chi connectivity index (χ0) is 24.6. The van der Waals surface area contributed by atoms with Gasteiger partial charge < -0.3 is 15.0 Å². The summed E-state index contributed by atoms with van der Waals surface area (Å²) >= 11 is 5.06. The number of nitrogens with zero attached hydrogens (tertiary/aromatic N) is 3. The van der Waals surface area contributed by atoms with Gasteiger partial charge in [0.15, 0.2) is 6.61 Å². The molecule has 0 radical (unpaired) electrons.